The van der Waals surface area contributed by atoms with E-state index in [0.29, 0.717) is 19.5 Å². The lowest BCUT2D eigenvalue weighted by atomic mass is 10.1. The van der Waals surface area contributed by atoms with Gasteiger partial charge in [-0.2, -0.15) is 0 Å². The van der Waals surface area contributed by atoms with Gasteiger partial charge < -0.3 is 10.3 Å². The van der Waals surface area contributed by atoms with Crippen molar-refractivity contribution in [2.24, 2.45) is 0 Å². The first-order chi connectivity index (χ1) is 14.8. The van der Waals surface area contributed by atoms with Gasteiger partial charge in [0.2, 0.25) is 5.91 Å². The van der Waals surface area contributed by atoms with Gasteiger partial charge >= 0.3 is 0 Å². The van der Waals surface area contributed by atoms with E-state index in [1.165, 1.54) is 23.1 Å². The van der Waals surface area contributed by atoms with E-state index in [4.69, 9.17) is 12.2 Å². The zero-order chi connectivity index (χ0) is 22.1. The van der Waals surface area contributed by atoms with E-state index in [1.54, 1.807) is 4.57 Å². The second kappa shape index (κ2) is 8.78. The van der Waals surface area contributed by atoms with E-state index in [0.717, 1.165) is 28.1 Å². The molecule has 0 bridgehead atoms. The molecular weight excluding hydrogens is 448 g/mol. The largest absolute Gasteiger partial charge is 0.325 e. The molecule has 2 heterocycles. The Morgan fingerprint density at radius 1 is 1.13 bits per heavy atom. The Balaban J connectivity index is 1.59. The highest BCUT2D eigenvalue weighted by atomic mass is 32.2. The molecule has 0 saturated carbocycles. The fraction of sp³-hybridized carbons (Fsp3) is 0.182. The summed E-state index contributed by atoms with van der Waals surface area (Å²) in [7, 11) is 0. The van der Waals surface area contributed by atoms with Crippen LogP contribution in [0.1, 0.15) is 16.7 Å². The number of hydrogen-bond acceptors (Lipinski definition) is 6. The molecule has 2 aromatic heterocycles. The quantitative estimate of drug-likeness (QED) is 0.240. The number of carbonyl (C=O) groups is 1. The van der Waals surface area contributed by atoms with Gasteiger partial charge in [-0.1, -0.05) is 46.9 Å². The number of H-pyrrole nitrogens is 1. The highest BCUT2D eigenvalue weighted by Gasteiger charge is 2.15. The maximum Gasteiger partial charge on any atom is 0.271 e. The van der Waals surface area contributed by atoms with Crippen molar-refractivity contribution in [1.82, 2.24) is 14.5 Å². The molecule has 9 heteroatoms. The van der Waals surface area contributed by atoms with Gasteiger partial charge in [-0.05, 0) is 68.4 Å². The number of nitrogens with one attached hydrogen (secondary N) is 2. The minimum absolute atomic E-state index is 0.122. The lowest BCUT2D eigenvalue weighted by molar-refractivity contribution is -0.113. The van der Waals surface area contributed by atoms with Gasteiger partial charge in [0.05, 0.1) is 5.75 Å². The minimum Gasteiger partial charge on any atom is -0.325 e. The SMILES string of the molecule is Cc1ccc(-n2c(=S)sc3c(=O)[nH]c(SCC(=O)Nc4cc(C)cc(C)c4)nc32)cc1. The monoisotopic (exact) mass is 468 g/mol. The zero-order valence-corrected chi connectivity index (χ0v) is 19.6. The van der Waals surface area contributed by atoms with Crippen LogP contribution >= 0.6 is 35.3 Å². The number of benzene rings is 2. The third-order valence-electron chi connectivity index (χ3n) is 4.56. The molecule has 4 rings (SSSR count). The van der Waals surface area contributed by atoms with Crippen LogP contribution in [0.15, 0.2) is 52.4 Å². The standard InChI is InChI=1S/C22H20N4O2S3/c1-12-4-6-16(7-5-12)26-19-18(31-22(26)29)20(28)25-21(24-19)30-11-17(27)23-15-9-13(2)8-14(3)10-15/h4-10H,11H2,1-3H3,(H,23,27)(H,24,25,28). The molecule has 0 spiro atoms. The minimum atomic E-state index is -0.260. The van der Waals surface area contributed by atoms with Gasteiger partial charge in [0, 0.05) is 11.4 Å². The molecule has 4 aromatic rings. The van der Waals surface area contributed by atoms with Crippen molar-refractivity contribution < 1.29 is 4.79 Å². The Labute approximate surface area is 192 Å². The summed E-state index contributed by atoms with van der Waals surface area (Å²) in [4.78, 5) is 32.4. The van der Waals surface area contributed by atoms with Gasteiger partial charge in [0.1, 0.15) is 4.70 Å². The van der Waals surface area contributed by atoms with Crippen LogP contribution in [0.5, 0.6) is 0 Å². The predicted octanol–water partition coefficient (Wildman–Crippen LogP) is 5.16. The molecule has 0 atom stereocenters. The Kier molecular flexibility index (Phi) is 6.08. The highest BCUT2D eigenvalue weighted by molar-refractivity contribution is 7.99. The summed E-state index contributed by atoms with van der Waals surface area (Å²) in [6.45, 7) is 5.98. The molecule has 1 amide bonds. The Bertz CT molecular complexity index is 1380. The summed E-state index contributed by atoms with van der Waals surface area (Å²) < 4.78 is 2.81. The fourth-order valence-corrected chi connectivity index (χ4v) is 5.19. The summed E-state index contributed by atoms with van der Waals surface area (Å²) in [5.41, 5.74) is 5.14. The number of thioether (sulfide) groups is 1. The van der Waals surface area contributed by atoms with Crippen molar-refractivity contribution in [3.63, 3.8) is 0 Å². The van der Waals surface area contributed by atoms with Gasteiger partial charge in [0.15, 0.2) is 14.8 Å². The van der Waals surface area contributed by atoms with Crippen LogP contribution in [-0.2, 0) is 4.79 Å². The van der Waals surface area contributed by atoms with Crippen molar-refractivity contribution >= 4 is 57.3 Å². The maximum atomic E-state index is 12.6. The van der Waals surface area contributed by atoms with Crippen LogP contribution in [0.4, 0.5) is 5.69 Å². The van der Waals surface area contributed by atoms with Crippen LogP contribution < -0.4 is 10.9 Å². The molecule has 6 nitrogen and oxygen atoms in total. The number of amides is 1. The van der Waals surface area contributed by atoms with Crippen LogP contribution in [-0.4, -0.2) is 26.2 Å². The van der Waals surface area contributed by atoms with Gasteiger partial charge in [-0.15, -0.1) is 0 Å². The Hall–Kier alpha value is -2.75. The first-order valence-electron chi connectivity index (χ1n) is 9.54. The summed E-state index contributed by atoms with van der Waals surface area (Å²) in [5, 5.41) is 3.27. The molecule has 0 aliphatic heterocycles. The molecule has 0 unspecified atom stereocenters. The first kappa shape index (κ1) is 21.5. The normalized spacial score (nSPS) is 11.1. The summed E-state index contributed by atoms with van der Waals surface area (Å²) in [6, 6.07) is 13.8. The van der Waals surface area contributed by atoms with Crippen molar-refractivity contribution in [2.45, 2.75) is 25.9 Å². The van der Waals surface area contributed by atoms with E-state index < -0.39 is 0 Å². The van der Waals surface area contributed by atoms with Crippen LogP contribution in [0.25, 0.3) is 16.0 Å². The molecule has 31 heavy (non-hydrogen) atoms. The van der Waals surface area contributed by atoms with Gasteiger partial charge in [0.25, 0.3) is 5.56 Å². The fourth-order valence-electron chi connectivity index (χ4n) is 3.26. The second-order valence-electron chi connectivity index (χ2n) is 7.28. The van der Waals surface area contributed by atoms with Crippen molar-refractivity contribution in [3.05, 3.63) is 73.5 Å². The smallest absolute Gasteiger partial charge is 0.271 e. The second-order valence-corrected chi connectivity index (χ2v) is 9.88. The average molecular weight is 469 g/mol. The third kappa shape index (κ3) is 4.79. The zero-order valence-electron chi connectivity index (χ0n) is 17.2. The maximum absolute atomic E-state index is 12.6. The predicted molar refractivity (Wildman–Crippen MR) is 130 cm³/mol. The molecule has 0 aliphatic carbocycles. The molecular formula is C22H20N4O2S3. The third-order valence-corrected chi connectivity index (χ3v) is 6.79. The van der Waals surface area contributed by atoms with E-state index in [2.05, 4.69) is 15.3 Å². The topological polar surface area (TPSA) is 79.8 Å². The Morgan fingerprint density at radius 2 is 1.81 bits per heavy atom. The molecule has 2 aromatic carbocycles. The average Bonchev–Trinajstić information content (AvgIpc) is 3.03. The lowest BCUT2D eigenvalue weighted by Crippen LogP contribution is -2.15. The van der Waals surface area contributed by atoms with E-state index in [9.17, 15) is 9.59 Å². The highest BCUT2D eigenvalue weighted by Crippen LogP contribution is 2.25. The molecule has 2 N–H and O–H groups in total. The lowest BCUT2D eigenvalue weighted by Gasteiger charge is -2.08. The number of rotatable bonds is 5. The summed E-state index contributed by atoms with van der Waals surface area (Å²) in [6.07, 6.45) is 0. The van der Waals surface area contributed by atoms with Crippen LogP contribution in [0.2, 0.25) is 0 Å². The summed E-state index contributed by atoms with van der Waals surface area (Å²) in [5.74, 6) is -0.0463. The molecule has 0 saturated heterocycles. The van der Waals surface area contributed by atoms with E-state index in [-0.39, 0.29) is 17.2 Å². The van der Waals surface area contributed by atoms with Gasteiger partial charge in [-0.3, -0.25) is 14.2 Å². The van der Waals surface area contributed by atoms with Crippen molar-refractivity contribution in [1.29, 1.82) is 0 Å². The number of aromatic nitrogens is 3. The summed E-state index contributed by atoms with van der Waals surface area (Å²) >= 11 is 7.89. The first-order valence-corrected chi connectivity index (χ1v) is 11.7. The number of nitrogens with zero attached hydrogens (tertiary/aromatic N) is 2. The molecule has 0 radical (unpaired) electrons. The van der Waals surface area contributed by atoms with Crippen molar-refractivity contribution in [2.75, 3.05) is 11.1 Å². The number of aryl methyl sites for hydroxylation is 3. The van der Waals surface area contributed by atoms with Crippen LogP contribution in [0, 0.1) is 24.7 Å². The van der Waals surface area contributed by atoms with E-state index >= 15 is 0 Å². The van der Waals surface area contributed by atoms with Gasteiger partial charge in [-0.25, -0.2) is 4.98 Å². The van der Waals surface area contributed by atoms with Crippen LogP contribution in [0.3, 0.4) is 0 Å². The number of carbonyl (C=O) groups excluding carboxylic acids is 1. The number of thiazole rings is 1. The number of fused-ring (bicyclic) bond motifs is 1. The molecule has 0 fully saturated rings. The number of anilines is 1. The number of aromatic amines is 1. The molecule has 158 valence electrons. The molecule has 0 aliphatic rings. The van der Waals surface area contributed by atoms with E-state index in [1.807, 2.05) is 63.2 Å². The Morgan fingerprint density at radius 3 is 2.48 bits per heavy atom. The number of hydrogen-bond donors (Lipinski definition) is 2. The van der Waals surface area contributed by atoms with Crippen molar-refractivity contribution in [3.8, 4) is 5.69 Å².